The summed E-state index contributed by atoms with van der Waals surface area (Å²) in [7, 11) is 5.19. The van der Waals surface area contributed by atoms with Gasteiger partial charge in [-0.25, -0.2) is 4.79 Å². The fraction of sp³-hybridized carbons (Fsp3) is 0.471. The number of anilines is 1. The third-order valence-electron chi connectivity index (χ3n) is 3.90. The van der Waals surface area contributed by atoms with Crippen LogP contribution in [0.25, 0.3) is 0 Å². The van der Waals surface area contributed by atoms with Crippen molar-refractivity contribution in [1.82, 2.24) is 10.2 Å². The first-order valence-corrected chi connectivity index (χ1v) is 7.84. The standard InChI is InChI=1S/C17H23N3O4/c1-20(2)9-8-18-15(21)13-10-14(13)16(22)19-12-6-4-11(5-7-12)17(23)24-3/h4-7,13-14H,8-10H2,1-3H3,(H,18,21)(H,19,22). The largest absolute Gasteiger partial charge is 0.465 e. The minimum atomic E-state index is -0.426. The number of hydrogen-bond acceptors (Lipinski definition) is 5. The zero-order valence-electron chi connectivity index (χ0n) is 14.2. The quantitative estimate of drug-likeness (QED) is 0.718. The van der Waals surface area contributed by atoms with Crippen molar-refractivity contribution < 1.29 is 19.1 Å². The third kappa shape index (κ3) is 4.79. The molecular weight excluding hydrogens is 310 g/mol. The molecule has 2 amide bonds. The van der Waals surface area contributed by atoms with Crippen LogP contribution in [0, 0.1) is 11.8 Å². The van der Waals surface area contributed by atoms with E-state index < -0.39 is 5.97 Å². The van der Waals surface area contributed by atoms with Crippen molar-refractivity contribution >= 4 is 23.5 Å². The lowest BCUT2D eigenvalue weighted by atomic mass is 10.2. The zero-order chi connectivity index (χ0) is 17.7. The lowest BCUT2D eigenvalue weighted by molar-refractivity contribution is -0.125. The van der Waals surface area contributed by atoms with Crippen LogP contribution >= 0.6 is 0 Å². The summed E-state index contributed by atoms with van der Waals surface area (Å²) in [5.41, 5.74) is 1.01. The van der Waals surface area contributed by atoms with E-state index in [9.17, 15) is 14.4 Å². The van der Waals surface area contributed by atoms with E-state index in [2.05, 4.69) is 15.4 Å². The van der Waals surface area contributed by atoms with E-state index >= 15 is 0 Å². The number of methoxy groups -OCH3 is 1. The SMILES string of the molecule is COC(=O)c1ccc(NC(=O)C2CC2C(=O)NCCN(C)C)cc1. The van der Waals surface area contributed by atoms with E-state index in [1.165, 1.54) is 7.11 Å². The molecule has 2 rings (SSSR count). The van der Waals surface area contributed by atoms with Gasteiger partial charge in [0, 0.05) is 18.8 Å². The van der Waals surface area contributed by atoms with Gasteiger partial charge in [-0.1, -0.05) is 0 Å². The second-order valence-electron chi connectivity index (χ2n) is 6.10. The maximum atomic E-state index is 12.2. The van der Waals surface area contributed by atoms with Crippen LogP contribution in [0.1, 0.15) is 16.8 Å². The second-order valence-corrected chi connectivity index (χ2v) is 6.10. The highest BCUT2D eigenvalue weighted by Gasteiger charge is 2.47. The lowest BCUT2D eigenvalue weighted by Gasteiger charge is -2.10. The fourth-order valence-electron chi connectivity index (χ4n) is 2.35. The average Bonchev–Trinajstić information content (AvgIpc) is 3.35. The molecule has 0 radical (unpaired) electrons. The van der Waals surface area contributed by atoms with Gasteiger partial charge in [-0.15, -0.1) is 0 Å². The molecule has 130 valence electrons. The minimum absolute atomic E-state index is 0.0713. The molecule has 7 heteroatoms. The number of rotatable bonds is 7. The van der Waals surface area contributed by atoms with Crippen molar-refractivity contribution in [2.75, 3.05) is 39.6 Å². The topological polar surface area (TPSA) is 87.7 Å². The van der Waals surface area contributed by atoms with E-state index in [4.69, 9.17) is 0 Å². The van der Waals surface area contributed by atoms with Crippen LogP contribution in [0.15, 0.2) is 24.3 Å². The number of ether oxygens (including phenoxy) is 1. The smallest absolute Gasteiger partial charge is 0.337 e. The highest BCUT2D eigenvalue weighted by atomic mass is 16.5. The lowest BCUT2D eigenvalue weighted by Crippen LogP contribution is -2.33. The summed E-state index contributed by atoms with van der Waals surface area (Å²) in [6.45, 7) is 1.34. The summed E-state index contributed by atoms with van der Waals surface area (Å²) in [5.74, 6) is -1.21. The molecule has 0 aromatic heterocycles. The van der Waals surface area contributed by atoms with Crippen LogP contribution in [-0.4, -0.2) is 57.0 Å². The summed E-state index contributed by atoms with van der Waals surface area (Å²) < 4.78 is 4.62. The van der Waals surface area contributed by atoms with Crippen molar-refractivity contribution in [2.45, 2.75) is 6.42 Å². The monoisotopic (exact) mass is 333 g/mol. The van der Waals surface area contributed by atoms with Crippen molar-refractivity contribution in [2.24, 2.45) is 11.8 Å². The van der Waals surface area contributed by atoms with Crippen molar-refractivity contribution in [3.63, 3.8) is 0 Å². The number of carbonyl (C=O) groups excluding carboxylic acids is 3. The number of nitrogens with zero attached hydrogens (tertiary/aromatic N) is 1. The molecule has 0 spiro atoms. The molecule has 1 saturated carbocycles. The Balaban J connectivity index is 1.79. The number of amides is 2. The summed E-state index contributed by atoms with van der Waals surface area (Å²) >= 11 is 0. The number of hydrogen-bond donors (Lipinski definition) is 2. The van der Waals surface area contributed by atoms with Crippen LogP contribution in [0.4, 0.5) is 5.69 Å². The van der Waals surface area contributed by atoms with Gasteiger partial charge >= 0.3 is 5.97 Å². The number of esters is 1. The predicted molar refractivity (Wildman–Crippen MR) is 89.6 cm³/mol. The molecule has 1 aromatic carbocycles. The van der Waals surface area contributed by atoms with E-state index in [1.807, 2.05) is 19.0 Å². The molecule has 1 aliphatic rings. The molecule has 7 nitrogen and oxygen atoms in total. The van der Waals surface area contributed by atoms with E-state index in [0.717, 1.165) is 6.54 Å². The van der Waals surface area contributed by atoms with Crippen LogP contribution in [0.3, 0.4) is 0 Å². The van der Waals surface area contributed by atoms with Gasteiger partial charge in [-0.05, 0) is 44.8 Å². The Bertz CT molecular complexity index is 613. The third-order valence-corrected chi connectivity index (χ3v) is 3.90. The Hall–Kier alpha value is -2.41. The molecule has 2 N–H and O–H groups in total. The first-order chi connectivity index (χ1) is 11.4. The number of carbonyl (C=O) groups is 3. The Morgan fingerprint density at radius 1 is 1.12 bits per heavy atom. The zero-order valence-corrected chi connectivity index (χ0v) is 14.2. The molecular formula is C17H23N3O4. The minimum Gasteiger partial charge on any atom is -0.465 e. The molecule has 0 bridgehead atoms. The van der Waals surface area contributed by atoms with E-state index in [1.54, 1.807) is 24.3 Å². The summed E-state index contributed by atoms with van der Waals surface area (Å²) in [6.07, 6.45) is 0.569. The maximum Gasteiger partial charge on any atom is 0.337 e. The Labute approximate surface area is 141 Å². The Kier molecular flexibility index (Phi) is 5.92. The van der Waals surface area contributed by atoms with E-state index in [-0.39, 0.29) is 23.7 Å². The van der Waals surface area contributed by atoms with Gasteiger partial charge in [0.2, 0.25) is 11.8 Å². The molecule has 1 aromatic rings. The Morgan fingerprint density at radius 3 is 2.33 bits per heavy atom. The molecule has 0 heterocycles. The fourth-order valence-corrected chi connectivity index (χ4v) is 2.35. The predicted octanol–water partition coefficient (Wildman–Crippen LogP) is 0.726. The molecule has 24 heavy (non-hydrogen) atoms. The number of likely N-dealkylation sites (N-methyl/N-ethyl adjacent to an activating group) is 1. The highest BCUT2D eigenvalue weighted by molar-refractivity contribution is 5.99. The Morgan fingerprint density at radius 2 is 1.75 bits per heavy atom. The second kappa shape index (κ2) is 7.92. The first kappa shape index (κ1) is 17.9. The van der Waals surface area contributed by atoms with Gasteiger partial charge in [0.15, 0.2) is 0 Å². The van der Waals surface area contributed by atoms with Crippen molar-refractivity contribution in [1.29, 1.82) is 0 Å². The van der Waals surface area contributed by atoms with Crippen molar-refractivity contribution in [3.05, 3.63) is 29.8 Å². The van der Waals surface area contributed by atoms with Gasteiger partial charge in [0.1, 0.15) is 0 Å². The molecule has 2 unspecified atom stereocenters. The van der Waals surface area contributed by atoms with Crippen LogP contribution in [-0.2, 0) is 14.3 Å². The molecule has 1 aliphatic carbocycles. The molecule has 0 aliphatic heterocycles. The summed E-state index contributed by atoms with van der Waals surface area (Å²) in [5, 5.41) is 5.61. The first-order valence-electron chi connectivity index (χ1n) is 7.84. The van der Waals surface area contributed by atoms with Gasteiger partial charge < -0.3 is 20.3 Å². The maximum absolute atomic E-state index is 12.2. The van der Waals surface area contributed by atoms with Gasteiger partial charge in [-0.2, -0.15) is 0 Å². The van der Waals surface area contributed by atoms with Gasteiger partial charge in [-0.3, -0.25) is 9.59 Å². The summed E-state index contributed by atoms with van der Waals surface area (Å²) in [6, 6.07) is 6.44. The molecule has 1 fully saturated rings. The van der Waals surface area contributed by atoms with Gasteiger partial charge in [0.05, 0.1) is 24.5 Å². The molecule has 0 saturated heterocycles. The highest BCUT2D eigenvalue weighted by Crippen LogP contribution is 2.39. The van der Waals surface area contributed by atoms with Crippen LogP contribution < -0.4 is 10.6 Å². The number of benzene rings is 1. The van der Waals surface area contributed by atoms with Crippen molar-refractivity contribution in [3.8, 4) is 0 Å². The van der Waals surface area contributed by atoms with E-state index in [0.29, 0.717) is 24.2 Å². The summed E-state index contributed by atoms with van der Waals surface area (Å²) in [4.78, 5) is 37.4. The van der Waals surface area contributed by atoms with Crippen LogP contribution in [0.2, 0.25) is 0 Å². The number of nitrogens with one attached hydrogen (secondary N) is 2. The van der Waals surface area contributed by atoms with Gasteiger partial charge in [0.25, 0.3) is 0 Å². The average molecular weight is 333 g/mol. The van der Waals surface area contributed by atoms with Crippen LogP contribution in [0.5, 0.6) is 0 Å². The normalized spacial score (nSPS) is 18.8. The molecule has 2 atom stereocenters.